The summed E-state index contributed by atoms with van der Waals surface area (Å²) >= 11 is 1.56. The maximum Gasteiger partial charge on any atom is 0.322 e. The molecule has 1 aromatic heterocycles. The molecule has 0 aliphatic heterocycles. The third kappa shape index (κ3) is 3.80. The van der Waals surface area contributed by atoms with Gasteiger partial charge in [-0.2, -0.15) is 0 Å². The third-order valence-electron chi connectivity index (χ3n) is 3.61. The van der Waals surface area contributed by atoms with Crippen molar-refractivity contribution in [2.24, 2.45) is 0 Å². The van der Waals surface area contributed by atoms with Crippen molar-refractivity contribution in [3.05, 3.63) is 48.0 Å². The topological polar surface area (TPSA) is 86.5 Å². The Balaban J connectivity index is 1.78. The Labute approximate surface area is 154 Å². The highest BCUT2D eigenvalue weighted by Crippen LogP contribution is 2.32. The Morgan fingerprint density at radius 2 is 1.88 bits per heavy atom. The molecule has 0 fully saturated rings. The third-order valence-corrected chi connectivity index (χ3v) is 4.33. The molecule has 134 valence electrons. The number of carbonyl (C=O) groups is 1. The summed E-state index contributed by atoms with van der Waals surface area (Å²) in [6.07, 6.45) is 1.95. The molecule has 7 nitrogen and oxygen atoms in total. The van der Waals surface area contributed by atoms with E-state index in [1.165, 1.54) is 0 Å². The summed E-state index contributed by atoms with van der Waals surface area (Å²) in [6.45, 7) is 0. The van der Waals surface area contributed by atoms with Gasteiger partial charge in [-0.3, -0.25) is 10.1 Å². The maximum atomic E-state index is 12.3. The van der Waals surface area contributed by atoms with E-state index in [4.69, 9.17) is 13.9 Å². The highest BCUT2D eigenvalue weighted by Gasteiger charge is 2.15. The Kier molecular flexibility index (Phi) is 5.43. The van der Waals surface area contributed by atoms with Crippen molar-refractivity contribution in [3.8, 4) is 23.0 Å². The fourth-order valence-electron chi connectivity index (χ4n) is 2.29. The fraction of sp³-hybridized carbons (Fsp3) is 0.167. The smallest absolute Gasteiger partial charge is 0.322 e. The number of nitrogens with one attached hydrogen (secondary N) is 1. The molecule has 2 aromatic carbocycles. The van der Waals surface area contributed by atoms with Crippen molar-refractivity contribution in [1.82, 2.24) is 10.2 Å². The molecular formula is C18H17N3O4S. The molecule has 1 N–H and O–H groups in total. The second-order valence-corrected chi connectivity index (χ2v) is 6.05. The van der Waals surface area contributed by atoms with Crippen LogP contribution in [0.1, 0.15) is 10.4 Å². The van der Waals surface area contributed by atoms with Gasteiger partial charge in [-0.05, 0) is 42.7 Å². The molecule has 0 aliphatic carbocycles. The summed E-state index contributed by atoms with van der Waals surface area (Å²) in [5, 5.41) is 10.4. The molecule has 0 radical (unpaired) electrons. The van der Waals surface area contributed by atoms with E-state index in [1.54, 1.807) is 56.3 Å². The molecule has 8 heteroatoms. The molecule has 3 rings (SSSR count). The molecule has 1 amide bonds. The van der Waals surface area contributed by atoms with E-state index in [1.807, 2.05) is 18.4 Å². The van der Waals surface area contributed by atoms with Crippen molar-refractivity contribution in [2.75, 3.05) is 25.8 Å². The van der Waals surface area contributed by atoms with Gasteiger partial charge in [0.05, 0.1) is 14.2 Å². The highest BCUT2D eigenvalue weighted by atomic mass is 32.2. The number of hydrogen-bond acceptors (Lipinski definition) is 7. The first-order valence-electron chi connectivity index (χ1n) is 7.66. The molecule has 0 atom stereocenters. The minimum absolute atomic E-state index is 0.0225. The normalized spacial score (nSPS) is 10.4. The van der Waals surface area contributed by atoms with Crippen LogP contribution < -0.4 is 14.8 Å². The van der Waals surface area contributed by atoms with E-state index in [9.17, 15) is 4.79 Å². The number of anilines is 1. The highest BCUT2D eigenvalue weighted by molar-refractivity contribution is 7.98. The van der Waals surface area contributed by atoms with Crippen molar-refractivity contribution >= 4 is 23.7 Å². The van der Waals surface area contributed by atoms with Gasteiger partial charge in [0.2, 0.25) is 5.89 Å². The zero-order valence-electron chi connectivity index (χ0n) is 14.5. The minimum atomic E-state index is -0.316. The van der Waals surface area contributed by atoms with Gasteiger partial charge in [0, 0.05) is 16.0 Å². The molecule has 1 heterocycles. The van der Waals surface area contributed by atoms with Crippen LogP contribution in [0.2, 0.25) is 0 Å². The van der Waals surface area contributed by atoms with Crippen molar-refractivity contribution in [1.29, 1.82) is 0 Å². The zero-order chi connectivity index (χ0) is 18.5. The predicted octanol–water partition coefficient (Wildman–Crippen LogP) is 3.73. The van der Waals surface area contributed by atoms with Crippen molar-refractivity contribution in [2.45, 2.75) is 4.90 Å². The van der Waals surface area contributed by atoms with E-state index in [2.05, 4.69) is 15.5 Å². The van der Waals surface area contributed by atoms with Gasteiger partial charge in [0.1, 0.15) is 0 Å². The molecule has 0 spiro atoms. The number of amides is 1. The fourth-order valence-corrected chi connectivity index (χ4v) is 2.75. The monoisotopic (exact) mass is 371 g/mol. The Morgan fingerprint density at radius 1 is 1.08 bits per heavy atom. The Bertz CT molecular complexity index is 926. The number of thioether (sulfide) groups is 1. The SMILES string of the molecule is COc1ccc(-c2nnc(NC(=O)c3cccc(SC)c3)o2)cc1OC. The lowest BCUT2D eigenvalue weighted by Gasteiger charge is -2.07. The Morgan fingerprint density at radius 3 is 2.62 bits per heavy atom. The Hall–Kier alpha value is -3.00. The first-order chi connectivity index (χ1) is 12.6. The van der Waals surface area contributed by atoms with Gasteiger partial charge >= 0.3 is 6.01 Å². The van der Waals surface area contributed by atoms with Gasteiger partial charge in [0.15, 0.2) is 11.5 Å². The summed E-state index contributed by atoms with van der Waals surface area (Å²) < 4.78 is 16.0. The lowest BCUT2D eigenvalue weighted by Crippen LogP contribution is -2.12. The van der Waals surface area contributed by atoms with Crippen LogP contribution in [0.5, 0.6) is 11.5 Å². The first-order valence-corrected chi connectivity index (χ1v) is 8.88. The van der Waals surface area contributed by atoms with Gasteiger partial charge < -0.3 is 13.9 Å². The second-order valence-electron chi connectivity index (χ2n) is 5.17. The van der Waals surface area contributed by atoms with Crippen LogP contribution >= 0.6 is 11.8 Å². The summed E-state index contributed by atoms with van der Waals surface area (Å²) in [7, 11) is 3.10. The van der Waals surface area contributed by atoms with E-state index in [0.717, 1.165) is 4.90 Å². The molecule has 3 aromatic rings. The minimum Gasteiger partial charge on any atom is -0.493 e. The number of rotatable bonds is 6. The van der Waals surface area contributed by atoms with Gasteiger partial charge in [0.25, 0.3) is 5.91 Å². The lowest BCUT2D eigenvalue weighted by molar-refractivity contribution is 0.102. The van der Waals surface area contributed by atoms with E-state index in [-0.39, 0.29) is 17.8 Å². The average Bonchev–Trinajstić information content (AvgIpc) is 3.15. The van der Waals surface area contributed by atoms with E-state index >= 15 is 0 Å². The first kappa shape index (κ1) is 17.8. The van der Waals surface area contributed by atoms with Gasteiger partial charge in [-0.25, -0.2) is 0 Å². The standard InChI is InChI=1S/C18H17N3O4S/c1-23-14-8-7-12(10-15(14)24-2)17-20-21-18(25-17)19-16(22)11-5-4-6-13(9-11)26-3/h4-10H,1-3H3,(H,19,21,22). The molecule has 0 bridgehead atoms. The average molecular weight is 371 g/mol. The molecular weight excluding hydrogens is 354 g/mol. The predicted molar refractivity (Wildman–Crippen MR) is 99.0 cm³/mol. The maximum absolute atomic E-state index is 12.3. The summed E-state index contributed by atoms with van der Waals surface area (Å²) in [4.78, 5) is 13.3. The summed E-state index contributed by atoms with van der Waals surface area (Å²) in [5.74, 6) is 1.09. The van der Waals surface area contributed by atoms with E-state index in [0.29, 0.717) is 22.6 Å². The van der Waals surface area contributed by atoms with Crippen LogP contribution in [0.3, 0.4) is 0 Å². The molecule has 0 saturated carbocycles. The zero-order valence-corrected chi connectivity index (χ0v) is 15.3. The number of hydrogen-bond donors (Lipinski definition) is 1. The lowest BCUT2D eigenvalue weighted by atomic mass is 10.2. The van der Waals surface area contributed by atoms with Gasteiger partial charge in [-0.1, -0.05) is 11.2 Å². The number of ether oxygens (including phenoxy) is 2. The van der Waals surface area contributed by atoms with Crippen molar-refractivity contribution in [3.63, 3.8) is 0 Å². The molecule has 0 saturated heterocycles. The van der Waals surface area contributed by atoms with Gasteiger partial charge in [-0.15, -0.1) is 16.9 Å². The number of methoxy groups -OCH3 is 2. The van der Waals surface area contributed by atoms with E-state index < -0.39 is 0 Å². The molecule has 0 aliphatic rings. The molecule has 0 unspecified atom stereocenters. The quantitative estimate of drug-likeness (QED) is 0.661. The summed E-state index contributed by atoms with van der Waals surface area (Å²) in [5.41, 5.74) is 1.17. The van der Waals surface area contributed by atoms with Crippen LogP contribution in [0.25, 0.3) is 11.5 Å². The number of aromatic nitrogens is 2. The number of carbonyl (C=O) groups excluding carboxylic acids is 1. The largest absolute Gasteiger partial charge is 0.493 e. The van der Waals surface area contributed by atoms with Crippen LogP contribution in [0.4, 0.5) is 6.01 Å². The second kappa shape index (κ2) is 7.92. The van der Waals surface area contributed by atoms with Crippen molar-refractivity contribution < 1.29 is 18.7 Å². The number of nitrogens with zero attached hydrogens (tertiary/aromatic N) is 2. The summed E-state index contributed by atoms with van der Waals surface area (Å²) in [6, 6.07) is 12.5. The van der Waals surface area contributed by atoms with Crippen LogP contribution in [-0.2, 0) is 0 Å². The van der Waals surface area contributed by atoms with Crippen LogP contribution in [0, 0.1) is 0 Å². The number of benzene rings is 2. The van der Waals surface area contributed by atoms with Crippen LogP contribution in [-0.4, -0.2) is 36.6 Å². The van der Waals surface area contributed by atoms with Crippen LogP contribution in [0.15, 0.2) is 51.8 Å². The molecule has 26 heavy (non-hydrogen) atoms.